The van der Waals surface area contributed by atoms with Crippen LogP contribution in [0.15, 0.2) is 99.9 Å². The predicted molar refractivity (Wildman–Crippen MR) is 143 cm³/mol. The lowest BCUT2D eigenvalue weighted by molar-refractivity contribution is -0.113. The molecule has 37 heavy (non-hydrogen) atoms. The van der Waals surface area contributed by atoms with Gasteiger partial charge in [0.15, 0.2) is 4.80 Å². The number of hydrogen-bond donors (Lipinski definition) is 1. The molecule has 0 saturated carbocycles. The molecule has 5 rings (SSSR count). The summed E-state index contributed by atoms with van der Waals surface area (Å²) in [5.74, 6) is -0.109. The molecule has 3 aromatic carbocycles. The minimum atomic E-state index is -0.773. The van der Waals surface area contributed by atoms with Crippen molar-refractivity contribution in [3.8, 4) is 5.75 Å². The van der Waals surface area contributed by atoms with Crippen LogP contribution in [-0.4, -0.2) is 17.1 Å². The molecule has 0 aliphatic carbocycles. The molecule has 8 heteroatoms. The van der Waals surface area contributed by atoms with E-state index in [0.717, 1.165) is 5.56 Å². The molecule has 0 radical (unpaired) electrons. The Bertz CT molecular complexity index is 1670. The number of allylic oxidation sites excluding steroid dienone is 1. The molecule has 186 valence electrons. The Hall–Kier alpha value is -4.30. The summed E-state index contributed by atoms with van der Waals surface area (Å²) in [6.45, 7) is 4.14. The summed E-state index contributed by atoms with van der Waals surface area (Å²) < 4.78 is 21.5. The molecule has 0 fully saturated rings. The number of fused-ring (bicyclic) bond motifs is 1. The first kappa shape index (κ1) is 24.4. The molecule has 2 heterocycles. The smallest absolute Gasteiger partial charge is 0.271 e. The van der Waals surface area contributed by atoms with Gasteiger partial charge < -0.3 is 10.1 Å². The van der Waals surface area contributed by atoms with E-state index in [-0.39, 0.29) is 11.5 Å². The van der Waals surface area contributed by atoms with Gasteiger partial charge in [0.2, 0.25) is 0 Å². The van der Waals surface area contributed by atoms with Gasteiger partial charge in [0.25, 0.3) is 11.5 Å². The average Bonchev–Trinajstić information content (AvgIpc) is 3.20. The van der Waals surface area contributed by atoms with E-state index in [2.05, 4.69) is 10.3 Å². The number of nitrogens with zero attached hydrogens (tertiary/aromatic N) is 2. The topological polar surface area (TPSA) is 72.7 Å². The zero-order valence-corrected chi connectivity index (χ0v) is 21.1. The highest BCUT2D eigenvalue weighted by atomic mass is 32.1. The van der Waals surface area contributed by atoms with E-state index in [1.54, 1.807) is 37.3 Å². The number of carbonyl (C=O) groups is 1. The third kappa shape index (κ3) is 4.88. The van der Waals surface area contributed by atoms with Crippen LogP contribution in [0.3, 0.4) is 0 Å². The molecule has 1 aromatic heterocycles. The van der Waals surface area contributed by atoms with Gasteiger partial charge in [-0.1, -0.05) is 59.9 Å². The van der Waals surface area contributed by atoms with Crippen LogP contribution < -0.4 is 24.9 Å². The van der Waals surface area contributed by atoms with Crippen molar-refractivity contribution >= 4 is 29.0 Å². The fourth-order valence-corrected chi connectivity index (χ4v) is 5.36. The second-order valence-electron chi connectivity index (χ2n) is 8.42. The third-order valence-electron chi connectivity index (χ3n) is 5.99. The van der Waals surface area contributed by atoms with E-state index in [9.17, 15) is 14.0 Å². The highest BCUT2D eigenvalue weighted by Crippen LogP contribution is 2.31. The number of amides is 1. The minimum Gasteiger partial charge on any atom is -0.493 e. The maximum absolute atomic E-state index is 13.8. The van der Waals surface area contributed by atoms with E-state index in [4.69, 9.17) is 4.74 Å². The van der Waals surface area contributed by atoms with E-state index in [1.807, 2.05) is 49.4 Å². The molecule has 1 atom stereocenters. The molecule has 4 aromatic rings. The quantitative estimate of drug-likeness (QED) is 0.415. The number of carbonyl (C=O) groups excluding carboxylic acids is 1. The van der Waals surface area contributed by atoms with Crippen LogP contribution in [0.1, 0.15) is 31.0 Å². The molecular formula is C29H24FN3O3S. The number of aromatic nitrogens is 1. The van der Waals surface area contributed by atoms with Crippen molar-refractivity contribution in [2.24, 2.45) is 4.99 Å². The molecule has 1 aliphatic heterocycles. The van der Waals surface area contributed by atoms with Gasteiger partial charge in [-0.3, -0.25) is 14.2 Å². The molecule has 6 nitrogen and oxygen atoms in total. The maximum atomic E-state index is 13.8. The fraction of sp³-hybridized carbons (Fsp3) is 0.138. The summed E-state index contributed by atoms with van der Waals surface area (Å²) in [5, 5.41) is 2.90. The van der Waals surface area contributed by atoms with E-state index in [0.29, 0.717) is 44.2 Å². The molecule has 1 aliphatic rings. The standard InChI is InChI=1S/C29H24FN3O3S/c1-3-36-23-12-8-7-9-20(23)17-24-28(35)33-26(19-13-15-21(30)16-14-19)25(18(2)31-29(33)37-24)27(34)32-22-10-5-4-6-11-22/h4-17,26H,3H2,1-2H3,(H,32,34)/b24-17-/t26-/m0/s1. The van der Waals surface area contributed by atoms with Gasteiger partial charge in [-0.15, -0.1) is 0 Å². The molecule has 1 amide bonds. The second kappa shape index (κ2) is 10.4. The van der Waals surface area contributed by atoms with Crippen molar-refractivity contribution in [1.29, 1.82) is 0 Å². The fourth-order valence-electron chi connectivity index (χ4n) is 4.32. The summed E-state index contributed by atoms with van der Waals surface area (Å²) >= 11 is 1.24. The monoisotopic (exact) mass is 513 g/mol. The van der Waals surface area contributed by atoms with Crippen molar-refractivity contribution in [2.75, 3.05) is 11.9 Å². The highest BCUT2D eigenvalue weighted by Gasteiger charge is 2.32. The number of rotatable bonds is 6. The molecule has 0 saturated heterocycles. The Kier molecular flexibility index (Phi) is 6.83. The zero-order valence-electron chi connectivity index (χ0n) is 20.3. The molecule has 0 bridgehead atoms. The summed E-state index contributed by atoms with van der Waals surface area (Å²) in [6, 6.07) is 21.6. The number of thiazole rings is 1. The first-order valence-electron chi connectivity index (χ1n) is 11.8. The zero-order chi connectivity index (χ0) is 25.9. The SMILES string of the molecule is CCOc1ccccc1/C=c1\sc2n(c1=O)[C@@H](c1ccc(F)cc1)C(C(=O)Nc1ccccc1)=C(C)N=2. The third-order valence-corrected chi connectivity index (χ3v) is 6.97. The summed E-state index contributed by atoms with van der Waals surface area (Å²) in [4.78, 5) is 32.4. The predicted octanol–water partition coefficient (Wildman–Crippen LogP) is 4.41. The summed E-state index contributed by atoms with van der Waals surface area (Å²) in [5.41, 5.74) is 2.52. The lowest BCUT2D eigenvalue weighted by Crippen LogP contribution is -2.40. The Morgan fingerprint density at radius 2 is 1.78 bits per heavy atom. The van der Waals surface area contributed by atoms with Crippen LogP contribution in [0.2, 0.25) is 0 Å². The number of hydrogen-bond acceptors (Lipinski definition) is 5. The van der Waals surface area contributed by atoms with Crippen LogP contribution in [0.4, 0.5) is 10.1 Å². The van der Waals surface area contributed by atoms with Gasteiger partial charge in [-0.25, -0.2) is 9.38 Å². The Morgan fingerprint density at radius 3 is 2.51 bits per heavy atom. The lowest BCUT2D eigenvalue weighted by atomic mass is 9.95. The van der Waals surface area contributed by atoms with Crippen molar-refractivity contribution in [2.45, 2.75) is 19.9 Å². The number of anilines is 1. The van der Waals surface area contributed by atoms with Crippen LogP contribution in [0.25, 0.3) is 6.08 Å². The van der Waals surface area contributed by atoms with E-state index >= 15 is 0 Å². The molecule has 0 spiro atoms. The Balaban J connectivity index is 1.67. The second-order valence-corrected chi connectivity index (χ2v) is 9.43. The van der Waals surface area contributed by atoms with Crippen molar-refractivity contribution < 1.29 is 13.9 Å². The van der Waals surface area contributed by atoms with E-state index in [1.165, 1.54) is 28.0 Å². The van der Waals surface area contributed by atoms with Crippen molar-refractivity contribution in [1.82, 2.24) is 4.57 Å². The molecule has 0 unspecified atom stereocenters. The number of nitrogens with one attached hydrogen (secondary N) is 1. The lowest BCUT2D eigenvalue weighted by Gasteiger charge is -2.25. The Morgan fingerprint density at radius 1 is 1.08 bits per heavy atom. The first-order chi connectivity index (χ1) is 18.0. The minimum absolute atomic E-state index is 0.290. The number of para-hydroxylation sites is 2. The van der Waals surface area contributed by atoms with Crippen LogP contribution >= 0.6 is 11.3 Å². The van der Waals surface area contributed by atoms with Crippen molar-refractivity contribution in [3.05, 3.63) is 127 Å². The van der Waals surface area contributed by atoms with Gasteiger partial charge >= 0.3 is 0 Å². The molecule has 1 N–H and O–H groups in total. The normalized spacial score (nSPS) is 15.2. The number of ether oxygens (including phenoxy) is 1. The van der Waals surface area contributed by atoms with Crippen LogP contribution in [0, 0.1) is 5.82 Å². The van der Waals surface area contributed by atoms with Crippen LogP contribution in [-0.2, 0) is 4.79 Å². The van der Waals surface area contributed by atoms with Crippen molar-refractivity contribution in [3.63, 3.8) is 0 Å². The first-order valence-corrected chi connectivity index (χ1v) is 12.6. The van der Waals surface area contributed by atoms with Gasteiger partial charge in [-0.05, 0) is 55.8 Å². The van der Waals surface area contributed by atoms with Crippen LogP contribution in [0.5, 0.6) is 5.75 Å². The summed E-state index contributed by atoms with van der Waals surface area (Å²) in [7, 11) is 0. The van der Waals surface area contributed by atoms with Gasteiger partial charge in [0, 0.05) is 11.3 Å². The van der Waals surface area contributed by atoms with Gasteiger partial charge in [0.1, 0.15) is 11.6 Å². The number of halogens is 1. The Labute approximate surface area is 216 Å². The largest absolute Gasteiger partial charge is 0.493 e. The maximum Gasteiger partial charge on any atom is 0.271 e. The van der Waals surface area contributed by atoms with E-state index < -0.39 is 11.9 Å². The average molecular weight is 514 g/mol. The van der Waals surface area contributed by atoms with Gasteiger partial charge in [-0.2, -0.15) is 0 Å². The highest BCUT2D eigenvalue weighted by molar-refractivity contribution is 7.07. The molecular weight excluding hydrogens is 489 g/mol. The number of benzene rings is 3. The summed E-state index contributed by atoms with van der Waals surface area (Å²) in [6.07, 6.45) is 1.78. The van der Waals surface area contributed by atoms with Gasteiger partial charge in [0.05, 0.1) is 28.5 Å².